The van der Waals surface area contributed by atoms with E-state index in [4.69, 9.17) is 9.72 Å². The largest absolute Gasteiger partial charge is 0.371 e. The second-order valence-corrected chi connectivity index (χ2v) is 7.84. The van der Waals surface area contributed by atoms with Gasteiger partial charge in [0.1, 0.15) is 11.1 Å². The lowest BCUT2D eigenvalue weighted by atomic mass is 9.91. The smallest absolute Gasteiger partial charge is 0.122 e. The third kappa shape index (κ3) is 3.66. The van der Waals surface area contributed by atoms with E-state index >= 15 is 0 Å². The summed E-state index contributed by atoms with van der Waals surface area (Å²) >= 11 is 1.93. The first-order chi connectivity index (χ1) is 10.2. The molecule has 1 aromatic heterocycles. The number of fused-ring (bicyclic) bond motifs is 1. The van der Waals surface area contributed by atoms with Gasteiger partial charge in [0, 0.05) is 30.0 Å². The molecule has 0 saturated heterocycles. The van der Waals surface area contributed by atoms with Crippen molar-refractivity contribution in [3.8, 4) is 0 Å². The molecule has 1 heterocycles. The molecule has 118 valence electrons. The van der Waals surface area contributed by atoms with Crippen molar-refractivity contribution in [2.75, 3.05) is 13.2 Å². The number of rotatable bonds is 7. The normalized spacial score (nSPS) is 23.3. The highest BCUT2D eigenvalue weighted by Gasteiger charge is 2.36. The van der Waals surface area contributed by atoms with Crippen LogP contribution in [0.25, 0.3) is 0 Å². The van der Waals surface area contributed by atoms with E-state index in [9.17, 15) is 0 Å². The molecule has 21 heavy (non-hydrogen) atoms. The maximum atomic E-state index is 6.00. The Hall–Kier alpha value is -0.450. The summed E-state index contributed by atoms with van der Waals surface area (Å²) in [5, 5.41) is 4.84. The number of nitrogens with zero attached hydrogens (tertiary/aromatic N) is 1. The van der Waals surface area contributed by atoms with Crippen molar-refractivity contribution in [3.63, 3.8) is 0 Å². The number of nitrogens with one attached hydrogen (secondary N) is 1. The molecule has 3 rings (SSSR count). The average Bonchev–Trinajstić information content (AvgIpc) is 3.20. The SMILES string of the molecule is CCOC(c1nc2c(s1)CCCC2CNC(C)C)C1CC1. The fourth-order valence-electron chi connectivity index (χ4n) is 3.21. The van der Waals surface area contributed by atoms with Gasteiger partial charge in [-0.2, -0.15) is 0 Å². The summed E-state index contributed by atoms with van der Waals surface area (Å²) < 4.78 is 6.00. The van der Waals surface area contributed by atoms with Crippen molar-refractivity contribution < 1.29 is 4.74 Å². The van der Waals surface area contributed by atoms with Gasteiger partial charge in [0.2, 0.25) is 0 Å². The predicted molar refractivity (Wildman–Crippen MR) is 88.0 cm³/mol. The van der Waals surface area contributed by atoms with Crippen LogP contribution >= 0.6 is 11.3 Å². The zero-order valence-electron chi connectivity index (χ0n) is 13.5. The van der Waals surface area contributed by atoms with Crippen LogP contribution < -0.4 is 5.32 Å². The third-order valence-corrected chi connectivity index (χ3v) is 5.69. The maximum Gasteiger partial charge on any atom is 0.122 e. The van der Waals surface area contributed by atoms with Gasteiger partial charge in [0.15, 0.2) is 0 Å². The molecule has 4 heteroatoms. The molecule has 1 fully saturated rings. The number of aromatic nitrogens is 1. The van der Waals surface area contributed by atoms with Gasteiger partial charge in [-0.3, -0.25) is 0 Å². The highest BCUT2D eigenvalue weighted by Crippen LogP contribution is 2.46. The quantitative estimate of drug-likeness (QED) is 0.825. The molecule has 2 aliphatic rings. The molecule has 0 amide bonds. The third-order valence-electron chi connectivity index (χ3n) is 4.50. The molecule has 0 radical (unpaired) electrons. The van der Waals surface area contributed by atoms with E-state index in [2.05, 4.69) is 26.1 Å². The van der Waals surface area contributed by atoms with E-state index in [0.717, 1.165) is 19.1 Å². The molecule has 3 nitrogen and oxygen atoms in total. The monoisotopic (exact) mass is 308 g/mol. The van der Waals surface area contributed by atoms with Gasteiger partial charge in [-0.1, -0.05) is 13.8 Å². The number of hydrogen-bond donors (Lipinski definition) is 1. The molecular formula is C17H28N2OS. The van der Waals surface area contributed by atoms with Crippen LogP contribution in [-0.2, 0) is 11.2 Å². The van der Waals surface area contributed by atoms with Crippen molar-refractivity contribution in [2.45, 2.75) is 70.9 Å². The van der Waals surface area contributed by atoms with E-state index in [1.54, 1.807) is 0 Å². The Bertz CT molecular complexity index is 467. The highest BCUT2D eigenvalue weighted by molar-refractivity contribution is 7.11. The minimum Gasteiger partial charge on any atom is -0.371 e. The van der Waals surface area contributed by atoms with Crippen molar-refractivity contribution >= 4 is 11.3 Å². The number of hydrogen-bond acceptors (Lipinski definition) is 4. The van der Waals surface area contributed by atoms with Crippen LogP contribution in [0.2, 0.25) is 0 Å². The molecule has 0 aliphatic heterocycles. The Labute approximate surface area is 132 Å². The van der Waals surface area contributed by atoms with Crippen LogP contribution in [0.4, 0.5) is 0 Å². The molecular weight excluding hydrogens is 280 g/mol. The fourth-order valence-corrected chi connectivity index (χ4v) is 4.55. The van der Waals surface area contributed by atoms with Crippen LogP contribution in [0.5, 0.6) is 0 Å². The Morgan fingerprint density at radius 1 is 1.33 bits per heavy atom. The Morgan fingerprint density at radius 3 is 2.81 bits per heavy atom. The topological polar surface area (TPSA) is 34.1 Å². The summed E-state index contributed by atoms with van der Waals surface area (Å²) in [5.74, 6) is 1.33. The molecule has 2 aliphatic carbocycles. The number of thiazole rings is 1. The molecule has 2 atom stereocenters. The molecule has 1 N–H and O–H groups in total. The number of ether oxygens (including phenoxy) is 1. The van der Waals surface area contributed by atoms with Crippen LogP contribution in [0, 0.1) is 5.92 Å². The first-order valence-corrected chi connectivity index (χ1v) is 9.35. The van der Waals surface area contributed by atoms with E-state index in [-0.39, 0.29) is 6.10 Å². The van der Waals surface area contributed by atoms with Crippen LogP contribution in [0.1, 0.15) is 74.1 Å². The van der Waals surface area contributed by atoms with E-state index in [1.165, 1.54) is 47.7 Å². The Kier molecular flexibility index (Phi) is 4.97. The van der Waals surface area contributed by atoms with Crippen LogP contribution in [0.3, 0.4) is 0 Å². The van der Waals surface area contributed by atoms with E-state index in [1.807, 2.05) is 11.3 Å². The summed E-state index contributed by atoms with van der Waals surface area (Å²) in [6.45, 7) is 8.39. The molecule has 0 bridgehead atoms. The summed E-state index contributed by atoms with van der Waals surface area (Å²) in [5.41, 5.74) is 1.37. The minimum absolute atomic E-state index is 0.268. The number of aryl methyl sites for hydroxylation is 1. The van der Waals surface area contributed by atoms with Gasteiger partial charge < -0.3 is 10.1 Å². The van der Waals surface area contributed by atoms with Gasteiger partial charge in [0.05, 0.1) is 5.69 Å². The average molecular weight is 308 g/mol. The minimum atomic E-state index is 0.268. The molecule has 0 aromatic carbocycles. The summed E-state index contributed by atoms with van der Waals surface area (Å²) in [6, 6.07) is 0.552. The molecule has 1 aromatic rings. The molecule has 0 spiro atoms. The van der Waals surface area contributed by atoms with Crippen molar-refractivity contribution in [2.24, 2.45) is 5.92 Å². The molecule has 2 unspecified atom stereocenters. The van der Waals surface area contributed by atoms with Crippen molar-refractivity contribution in [3.05, 3.63) is 15.6 Å². The van der Waals surface area contributed by atoms with Crippen molar-refractivity contribution in [1.29, 1.82) is 0 Å². The summed E-state index contributed by atoms with van der Waals surface area (Å²) in [6.07, 6.45) is 6.69. The second-order valence-electron chi connectivity index (χ2n) is 6.73. The first-order valence-electron chi connectivity index (χ1n) is 8.53. The summed E-state index contributed by atoms with van der Waals surface area (Å²) in [7, 11) is 0. The highest BCUT2D eigenvalue weighted by atomic mass is 32.1. The van der Waals surface area contributed by atoms with Crippen molar-refractivity contribution in [1.82, 2.24) is 10.3 Å². The second kappa shape index (κ2) is 6.76. The molecule has 1 saturated carbocycles. The Morgan fingerprint density at radius 2 is 2.14 bits per heavy atom. The lowest BCUT2D eigenvalue weighted by Crippen LogP contribution is -2.29. The lowest BCUT2D eigenvalue weighted by molar-refractivity contribution is 0.0461. The van der Waals surface area contributed by atoms with Crippen LogP contribution in [-0.4, -0.2) is 24.2 Å². The zero-order chi connectivity index (χ0) is 14.8. The van der Waals surface area contributed by atoms with E-state index < -0.39 is 0 Å². The summed E-state index contributed by atoms with van der Waals surface area (Å²) in [4.78, 5) is 6.57. The zero-order valence-corrected chi connectivity index (χ0v) is 14.3. The van der Waals surface area contributed by atoms with Gasteiger partial charge in [-0.05, 0) is 44.9 Å². The van der Waals surface area contributed by atoms with Gasteiger partial charge in [0.25, 0.3) is 0 Å². The van der Waals surface area contributed by atoms with Crippen LogP contribution in [0.15, 0.2) is 0 Å². The fraction of sp³-hybridized carbons (Fsp3) is 0.824. The van der Waals surface area contributed by atoms with Gasteiger partial charge in [-0.15, -0.1) is 11.3 Å². The maximum absolute atomic E-state index is 6.00. The van der Waals surface area contributed by atoms with Gasteiger partial charge in [-0.25, -0.2) is 4.98 Å². The lowest BCUT2D eigenvalue weighted by Gasteiger charge is -2.22. The van der Waals surface area contributed by atoms with Gasteiger partial charge >= 0.3 is 0 Å². The standard InChI is InChI=1S/C17H28N2OS/c1-4-20-16(12-8-9-12)17-19-15-13(10-18-11(2)3)6-5-7-14(15)21-17/h11-13,16,18H,4-10H2,1-3H3. The van der Waals surface area contributed by atoms with E-state index in [0.29, 0.717) is 12.0 Å². The predicted octanol–water partition coefficient (Wildman–Crippen LogP) is 4.05. The first kappa shape index (κ1) is 15.4. The Balaban J connectivity index is 1.76.